The van der Waals surface area contributed by atoms with E-state index >= 15 is 0 Å². The highest BCUT2D eigenvalue weighted by Crippen LogP contribution is 2.26. The highest BCUT2D eigenvalue weighted by molar-refractivity contribution is 6.11. The van der Waals surface area contributed by atoms with E-state index in [4.69, 9.17) is 4.52 Å². The van der Waals surface area contributed by atoms with Crippen LogP contribution >= 0.6 is 0 Å². The van der Waals surface area contributed by atoms with Crippen LogP contribution in [0.2, 0.25) is 0 Å². The first kappa shape index (κ1) is 20.8. The molecule has 0 aromatic carbocycles. The minimum Gasteiger partial charge on any atom is -0.360 e. The molecule has 3 heterocycles. The minimum absolute atomic E-state index is 0.288. The van der Waals surface area contributed by atoms with Gasteiger partial charge in [0.25, 0.3) is 5.91 Å². The third kappa shape index (κ3) is 3.83. The van der Waals surface area contributed by atoms with Crippen LogP contribution in [0.25, 0.3) is 5.82 Å². The molecule has 0 saturated carbocycles. The number of rotatable bonds is 7. The Balaban J connectivity index is 1.80. The Hall–Kier alpha value is -2.90. The third-order valence-corrected chi connectivity index (χ3v) is 5.44. The number of ketones is 1. The first-order chi connectivity index (χ1) is 13.5. The maximum Gasteiger partial charge on any atom is 0.325 e. The topological polar surface area (TPSA) is 97.4 Å². The summed E-state index contributed by atoms with van der Waals surface area (Å²) in [5.74, 6) is 1.03. The van der Waals surface area contributed by atoms with Crippen LogP contribution in [-0.2, 0) is 4.79 Å². The Morgan fingerprint density at radius 1 is 1.24 bits per heavy atom. The van der Waals surface area contributed by atoms with Crippen molar-refractivity contribution in [2.24, 2.45) is 5.92 Å². The Labute approximate surface area is 170 Å². The van der Waals surface area contributed by atoms with Gasteiger partial charge in [0.05, 0.1) is 6.54 Å². The van der Waals surface area contributed by atoms with Gasteiger partial charge >= 0.3 is 6.03 Å². The summed E-state index contributed by atoms with van der Waals surface area (Å²) in [5.41, 5.74) is 1.00. The van der Waals surface area contributed by atoms with Crippen LogP contribution in [0.4, 0.5) is 4.79 Å². The van der Waals surface area contributed by atoms with Crippen molar-refractivity contribution in [2.75, 3.05) is 6.54 Å². The summed E-state index contributed by atoms with van der Waals surface area (Å²) in [6.07, 6.45) is 1.35. The lowest BCUT2D eigenvalue weighted by Gasteiger charge is -2.22. The quantitative estimate of drug-likeness (QED) is 0.568. The van der Waals surface area contributed by atoms with E-state index in [1.165, 1.54) is 0 Å². The zero-order chi connectivity index (χ0) is 21.5. The van der Waals surface area contributed by atoms with Crippen molar-refractivity contribution in [1.29, 1.82) is 0 Å². The number of nitrogens with one attached hydrogen (secondary N) is 1. The summed E-state index contributed by atoms with van der Waals surface area (Å²) in [6, 6.07) is 3.01. The van der Waals surface area contributed by atoms with Crippen LogP contribution in [0.15, 0.2) is 16.7 Å². The predicted molar refractivity (Wildman–Crippen MR) is 107 cm³/mol. The fourth-order valence-corrected chi connectivity index (χ4v) is 3.72. The van der Waals surface area contributed by atoms with Gasteiger partial charge in [-0.2, -0.15) is 0 Å². The minimum atomic E-state index is -0.962. The van der Waals surface area contributed by atoms with Crippen LogP contribution in [0.1, 0.15) is 61.1 Å². The monoisotopic (exact) mass is 400 g/mol. The largest absolute Gasteiger partial charge is 0.360 e. The molecule has 8 heteroatoms. The number of hydrogen-bond donors (Lipinski definition) is 1. The molecule has 0 aliphatic carbocycles. The van der Waals surface area contributed by atoms with Gasteiger partial charge in [0.15, 0.2) is 11.6 Å². The molecular weight excluding hydrogens is 372 g/mol. The van der Waals surface area contributed by atoms with Gasteiger partial charge in [-0.1, -0.05) is 19.0 Å². The Morgan fingerprint density at radius 2 is 1.93 bits per heavy atom. The number of urea groups is 1. The van der Waals surface area contributed by atoms with Gasteiger partial charge in [0.2, 0.25) is 0 Å². The molecule has 1 aliphatic heterocycles. The number of nitrogens with zero attached hydrogens (tertiary/aromatic N) is 3. The lowest BCUT2D eigenvalue weighted by atomic mass is 9.92. The molecule has 1 saturated heterocycles. The summed E-state index contributed by atoms with van der Waals surface area (Å²) in [5, 5.41) is 6.77. The van der Waals surface area contributed by atoms with Crippen LogP contribution < -0.4 is 5.32 Å². The maximum atomic E-state index is 13.0. The number of amides is 3. The third-order valence-electron chi connectivity index (χ3n) is 5.44. The lowest BCUT2D eigenvalue weighted by Crippen LogP contribution is -2.44. The fraction of sp³-hybridized carbons (Fsp3) is 0.524. The molecule has 3 amide bonds. The summed E-state index contributed by atoms with van der Waals surface area (Å²) >= 11 is 0. The summed E-state index contributed by atoms with van der Waals surface area (Å²) in [4.78, 5) is 39.3. The average Bonchev–Trinajstić information content (AvgIpc) is 3.24. The van der Waals surface area contributed by atoms with E-state index in [1.54, 1.807) is 26.0 Å². The number of aryl methyl sites for hydroxylation is 2. The standard InChI is InChI=1S/C21H28N4O4/c1-12(2)7-8-21(6)19(27)24(20(28)22-21)11-17(26)16-9-13(3)25(15(16)5)18-10-14(4)29-23-18/h9-10,12H,7-8,11H2,1-6H3,(H,22,28)/t21-/m1/s1. The second-order valence-electron chi connectivity index (χ2n) is 8.43. The van der Waals surface area contributed by atoms with Gasteiger partial charge in [-0.05, 0) is 52.5 Å². The van der Waals surface area contributed by atoms with Gasteiger partial charge in [0, 0.05) is 23.0 Å². The van der Waals surface area contributed by atoms with E-state index in [1.807, 2.05) is 18.4 Å². The Kier molecular flexibility index (Phi) is 5.38. The molecule has 156 valence electrons. The Morgan fingerprint density at radius 3 is 2.52 bits per heavy atom. The van der Waals surface area contributed by atoms with E-state index in [0.29, 0.717) is 35.2 Å². The van der Waals surface area contributed by atoms with E-state index < -0.39 is 11.6 Å². The summed E-state index contributed by atoms with van der Waals surface area (Å²) in [6.45, 7) is 11.0. The van der Waals surface area contributed by atoms with Crippen molar-refractivity contribution in [3.63, 3.8) is 0 Å². The Bertz CT molecular complexity index is 971. The van der Waals surface area contributed by atoms with E-state index in [-0.39, 0.29) is 18.2 Å². The SMILES string of the molecule is Cc1cc(-n2c(C)cc(C(=O)CN3C(=O)N[C@](C)(CCC(C)C)C3=O)c2C)no1. The van der Waals surface area contributed by atoms with Gasteiger partial charge in [-0.25, -0.2) is 4.79 Å². The van der Waals surface area contributed by atoms with Crippen molar-refractivity contribution >= 4 is 17.7 Å². The molecule has 1 aliphatic rings. The molecule has 29 heavy (non-hydrogen) atoms. The maximum absolute atomic E-state index is 13.0. The molecule has 3 rings (SSSR count). The van der Waals surface area contributed by atoms with Crippen molar-refractivity contribution in [2.45, 2.75) is 59.9 Å². The van der Waals surface area contributed by atoms with Crippen molar-refractivity contribution in [3.05, 3.63) is 34.8 Å². The van der Waals surface area contributed by atoms with Crippen LogP contribution in [0, 0.1) is 26.7 Å². The first-order valence-corrected chi connectivity index (χ1v) is 9.83. The highest BCUT2D eigenvalue weighted by atomic mass is 16.5. The molecule has 0 unspecified atom stereocenters. The number of carbonyl (C=O) groups excluding carboxylic acids is 3. The fourth-order valence-electron chi connectivity index (χ4n) is 3.72. The van der Waals surface area contributed by atoms with Gasteiger partial charge in [0.1, 0.15) is 11.3 Å². The van der Waals surface area contributed by atoms with Crippen LogP contribution in [0.5, 0.6) is 0 Å². The molecule has 2 aromatic heterocycles. The molecule has 1 atom stereocenters. The second kappa shape index (κ2) is 7.50. The second-order valence-corrected chi connectivity index (χ2v) is 8.43. The lowest BCUT2D eigenvalue weighted by molar-refractivity contribution is -0.130. The van der Waals surface area contributed by atoms with E-state index in [9.17, 15) is 14.4 Å². The van der Waals surface area contributed by atoms with Crippen molar-refractivity contribution in [1.82, 2.24) is 19.9 Å². The number of imide groups is 1. The highest BCUT2D eigenvalue weighted by Gasteiger charge is 2.48. The van der Waals surface area contributed by atoms with Crippen LogP contribution in [-0.4, -0.2) is 44.4 Å². The molecular formula is C21H28N4O4. The smallest absolute Gasteiger partial charge is 0.325 e. The van der Waals surface area contributed by atoms with Gasteiger partial charge in [-0.15, -0.1) is 0 Å². The molecule has 2 aromatic rings. The number of Topliss-reactive ketones (excluding diaryl/α,β-unsaturated/α-hetero) is 1. The van der Waals surface area contributed by atoms with Crippen LogP contribution in [0.3, 0.4) is 0 Å². The summed E-state index contributed by atoms with van der Waals surface area (Å²) in [7, 11) is 0. The predicted octanol–water partition coefficient (Wildman–Crippen LogP) is 3.32. The number of hydrogen-bond acceptors (Lipinski definition) is 5. The molecule has 1 fully saturated rings. The molecule has 0 radical (unpaired) electrons. The first-order valence-electron chi connectivity index (χ1n) is 9.83. The van der Waals surface area contributed by atoms with E-state index in [0.717, 1.165) is 17.0 Å². The normalized spacial score (nSPS) is 19.3. The van der Waals surface area contributed by atoms with E-state index in [2.05, 4.69) is 24.3 Å². The molecule has 0 bridgehead atoms. The molecule has 1 N–H and O–H groups in total. The number of aromatic nitrogens is 2. The number of carbonyl (C=O) groups is 3. The average molecular weight is 400 g/mol. The van der Waals surface area contributed by atoms with Gasteiger partial charge in [-0.3, -0.25) is 19.1 Å². The van der Waals surface area contributed by atoms with Crippen molar-refractivity contribution < 1.29 is 18.9 Å². The zero-order valence-corrected chi connectivity index (χ0v) is 17.8. The zero-order valence-electron chi connectivity index (χ0n) is 17.8. The van der Waals surface area contributed by atoms with Gasteiger partial charge < -0.3 is 9.84 Å². The molecule has 8 nitrogen and oxygen atoms in total. The molecule has 0 spiro atoms. The summed E-state index contributed by atoms with van der Waals surface area (Å²) < 4.78 is 6.96. The van der Waals surface area contributed by atoms with Crippen molar-refractivity contribution in [3.8, 4) is 5.82 Å².